The molecule has 0 bridgehead atoms. The van der Waals surface area contributed by atoms with E-state index in [2.05, 4.69) is 0 Å². The molecule has 2 aromatic heterocycles. The minimum Gasteiger partial charge on any atom is -0.497 e. The number of aromatic nitrogens is 2. The van der Waals surface area contributed by atoms with Crippen molar-refractivity contribution in [1.82, 2.24) is 9.61 Å². The molecule has 30 heavy (non-hydrogen) atoms. The van der Waals surface area contributed by atoms with E-state index in [-0.39, 0.29) is 0 Å². The molecule has 0 saturated carbocycles. The third-order valence-electron chi connectivity index (χ3n) is 4.96. The minimum atomic E-state index is 0.460. The second-order valence-corrected chi connectivity index (χ2v) is 7.49. The fraction of sp³-hybridized carbons (Fsp3) is 0.0417. The molecule has 0 unspecified atom stereocenters. The van der Waals surface area contributed by atoms with Crippen molar-refractivity contribution in [2.45, 2.75) is 0 Å². The Morgan fingerprint density at radius 3 is 2.07 bits per heavy atom. The molecule has 0 aliphatic carbocycles. The first-order valence-electron chi connectivity index (χ1n) is 9.33. The van der Waals surface area contributed by atoms with E-state index in [0.29, 0.717) is 21.7 Å². The Hall–Kier alpha value is -3.21. The standard InChI is InChI=1S/C24H16Cl2N2O2/c1-29-16-11-13-17(14-12-16)30-24-19-10-6-5-9-18(19)23-21(26)20(25)22(28(23)27-24)15-7-3-2-4-8-15/h2-14H,1H3. The van der Waals surface area contributed by atoms with Gasteiger partial charge < -0.3 is 9.47 Å². The van der Waals surface area contributed by atoms with Crippen molar-refractivity contribution in [3.8, 4) is 28.6 Å². The molecule has 5 aromatic rings. The zero-order chi connectivity index (χ0) is 20.7. The van der Waals surface area contributed by atoms with E-state index in [1.165, 1.54) is 0 Å². The molecule has 0 atom stereocenters. The molecule has 2 heterocycles. The molecular formula is C24H16Cl2N2O2. The van der Waals surface area contributed by atoms with Gasteiger partial charge in [0.1, 0.15) is 11.5 Å². The number of benzene rings is 3. The highest BCUT2D eigenvalue weighted by Gasteiger charge is 2.22. The van der Waals surface area contributed by atoms with Crippen LogP contribution in [0.4, 0.5) is 0 Å². The predicted molar refractivity (Wildman–Crippen MR) is 121 cm³/mol. The van der Waals surface area contributed by atoms with Crippen LogP contribution in [0.1, 0.15) is 0 Å². The van der Waals surface area contributed by atoms with Crippen molar-refractivity contribution in [3.63, 3.8) is 0 Å². The van der Waals surface area contributed by atoms with Crippen LogP contribution in [0.25, 0.3) is 27.5 Å². The van der Waals surface area contributed by atoms with Crippen molar-refractivity contribution in [2.75, 3.05) is 7.11 Å². The van der Waals surface area contributed by atoms with Crippen LogP contribution in [0, 0.1) is 0 Å². The van der Waals surface area contributed by atoms with Gasteiger partial charge >= 0.3 is 0 Å². The lowest BCUT2D eigenvalue weighted by atomic mass is 10.1. The Kier molecular flexibility index (Phi) is 4.74. The zero-order valence-electron chi connectivity index (χ0n) is 16.0. The summed E-state index contributed by atoms with van der Waals surface area (Å²) in [5, 5.41) is 7.47. The van der Waals surface area contributed by atoms with Gasteiger partial charge in [-0.05, 0) is 30.3 Å². The fourth-order valence-electron chi connectivity index (χ4n) is 3.53. The van der Waals surface area contributed by atoms with E-state index in [1.807, 2.05) is 78.9 Å². The first-order chi connectivity index (χ1) is 14.7. The molecule has 148 valence electrons. The Labute approximate surface area is 183 Å². The summed E-state index contributed by atoms with van der Waals surface area (Å²) in [5.41, 5.74) is 2.39. The van der Waals surface area contributed by atoms with Crippen LogP contribution in [-0.2, 0) is 0 Å². The van der Waals surface area contributed by atoms with E-state index in [0.717, 1.165) is 33.3 Å². The van der Waals surface area contributed by atoms with Crippen molar-refractivity contribution in [2.24, 2.45) is 0 Å². The van der Waals surface area contributed by atoms with E-state index in [9.17, 15) is 0 Å². The molecule has 0 saturated heterocycles. The summed E-state index contributed by atoms with van der Waals surface area (Å²) in [6.07, 6.45) is 0. The Morgan fingerprint density at radius 2 is 1.37 bits per heavy atom. The van der Waals surface area contributed by atoms with Crippen LogP contribution in [0.3, 0.4) is 0 Å². The largest absolute Gasteiger partial charge is 0.497 e. The van der Waals surface area contributed by atoms with Crippen LogP contribution in [0.5, 0.6) is 17.4 Å². The molecule has 6 heteroatoms. The number of halogens is 2. The number of methoxy groups -OCH3 is 1. The summed E-state index contributed by atoms with van der Waals surface area (Å²) < 4.78 is 13.2. The lowest BCUT2D eigenvalue weighted by Crippen LogP contribution is -1.99. The molecule has 0 radical (unpaired) electrons. The van der Waals surface area contributed by atoms with E-state index in [1.54, 1.807) is 11.6 Å². The summed E-state index contributed by atoms with van der Waals surface area (Å²) in [6, 6.07) is 25.0. The fourth-order valence-corrected chi connectivity index (χ4v) is 4.08. The molecule has 4 nitrogen and oxygen atoms in total. The van der Waals surface area contributed by atoms with Crippen molar-refractivity contribution in [3.05, 3.63) is 88.9 Å². The van der Waals surface area contributed by atoms with Gasteiger partial charge in [-0.3, -0.25) is 0 Å². The molecule has 0 spiro atoms. The Morgan fingerprint density at radius 1 is 0.733 bits per heavy atom. The van der Waals surface area contributed by atoms with Crippen LogP contribution in [-0.4, -0.2) is 16.7 Å². The third-order valence-corrected chi connectivity index (χ3v) is 5.79. The Bertz CT molecular complexity index is 1360. The highest BCUT2D eigenvalue weighted by molar-refractivity contribution is 6.47. The maximum Gasteiger partial charge on any atom is 0.245 e. The number of hydrogen-bond acceptors (Lipinski definition) is 3. The highest BCUT2D eigenvalue weighted by Crippen LogP contribution is 2.43. The second kappa shape index (κ2) is 7.56. The number of hydrogen-bond donors (Lipinski definition) is 0. The maximum absolute atomic E-state index is 6.67. The first kappa shape index (κ1) is 18.8. The van der Waals surface area contributed by atoms with Gasteiger partial charge in [-0.15, -0.1) is 5.10 Å². The summed E-state index contributed by atoms with van der Waals surface area (Å²) >= 11 is 13.3. The molecule has 0 aliphatic heterocycles. The van der Waals surface area contributed by atoms with Crippen LogP contribution in [0.15, 0.2) is 78.9 Å². The van der Waals surface area contributed by atoms with Crippen molar-refractivity contribution >= 4 is 39.5 Å². The number of fused-ring (bicyclic) bond motifs is 3. The molecular weight excluding hydrogens is 419 g/mol. The normalized spacial score (nSPS) is 11.2. The molecule has 0 fully saturated rings. The van der Waals surface area contributed by atoms with E-state index < -0.39 is 0 Å². The van der Waals surface area contributed by atoms with E-state index in [4.69, 9.17) is 37.8 Å². The van der Waals surface area contributed by atoms with Gasteiger partial charge in [0.05, 0.1) is 28.4 Å². The van der Waals surface area contributed by atoms with Crippen LogP contribution in [0.2, 0.25) is 10.0 Å². The summed E-state index contributed by atoms with van der Waals surface area (Å²) in [4.78, 5) is 0. The molecule has 0 aliphatic rings. The predicted octanol–water partition coefficient (Wildman–Crippen LogP) is 7.26. The maximum atomic E-state index is 6.67. The molecule has 0 amide bonds. The summed E-state index contributed by atoms with van der Waals surface area (Å²) in [5.74, 6) is 1.87. The van der Waals surface area contributed by atoms with Gasteiger partial charge in [0.2, 0.25) is 5.88 Å². The summed E-state index contributed by atoms with van der Waals surface area (Å²) in [7, 11) is 1.63. The van der Waals surface area contributed by atoms with Gasteiger partial charge in [-0.1, -0.05) is 71.7 Å². The highest BCUT2D eigenvalue weighted by atomic mass is 35.5. The topological polar surface area (TPSA) is 35.8 Å². The number of nitrogens with zero attached hydrogens (tertiary/aromatic N) is 2. The lowest BCUT2D eigenvalue weighted by molar-refractivity contribution is 0.412. The smallest absolute Gasteiger partial charge is 0.245 e. The third kappa shape index (κ3) is 3.05. The number of ether oxygens (including phenoxy) is 2. The van der Waals surface area contributed by atoms with Crippen LogP contribution >= 0.6 is 23.2 Å². The van der Waals surface area contributed by atoms with Crippen LogP contribution < -0.4 is 9.47 Å². The monoisotopic (exact) mass is 434 g/mol. The molecule has 5 rings (SSSR count). The molecule has 0 N–H and O–H groups in total. The Balaban J connectivity index is 1.78. The lowest BCUT2D eigenvalue weighted by Gasteiger charge is -2.12. The summed E-state index contributed by atoms with van der Waals surface area (Å²) in [6.45, 7) is 0. The quantitative estimate of drug-likeness (QED) is 0.298. The van der Waals surface area contributed by atoms with Gasteiger partial charge in [-0.25, -0.2) is 4.52 Å². The SMILES string of the molecule is COc1ccc(Oc2nn3c(-c4ccccc4)c(Cl)c(Cl)c3c3ccccc23)cc1. The van der Waals surface area contributed by atoms with Gasteiger partial charge in [0.25, 0.3) is 0 Å². The average molecular weight is 435 g/mol. The van der Waals surface area contributed by atoms with Gasteiger partial charge in [0.15, 0.2) is 0 Å². The van der Waals surface area contributed by atoms with Gasteiger partial charge in [0, 0.05) is 16.3 Å². The zero-order valence-corrected chi connectivity index (χ0v) is 17.5. The number of rotatable bonds is 4. The van der Waals surface area contributed by atoms with Gasteiger partial charge in [-0.2, -0.15) is 0 Å². The average Bonchev–Trinajstić information content (AvgIpc) is 3.05. The first-order valence-corrected chi connectivity index (χ1v) is 10.1. The van der Waals surface area contributed by atoms with Crippen molar-refractivity contribution < 1.29 is 9.47 Å². The minimum absolute atomic E-state index is 0.460. The second-order valence-electron chi connectivity index (χ2n) is 6.73. The molecule has 3 aromatic carbocycles. The van der Waals surface area contributed by atoms with Crippen molar-refractivity contribution in [1.29, 1.82) is 0 Å². The van der Waals surface area contributed by atoms with E-state index >= 15 is 0 Å².